The Labute approximate surface area is 204 Å². The van der Waals surface area contributed by atoms with E-state index in [0.717, 1.165) is 18.4 Å². The van der Waals surface area contributed by atoms with Gasteiger partial charge in [0.25, 0.3) is 5.91 Å². The summed E-state index contributed by atoms with van der Waals surface area (Å²) >= 11 is 12.3. The number of rotatable bonds is 5. The van der Waals surface area contributed by atoms with Crippen molar-refractivity contribution in [2.75, 3.05) is 25.0 Å². The van der Waals surface area contributed by atoms with E-state index in [9.17, 15) is 18.3 Å². The van der Waals surface area contributed by atoms with Crippen LogP contribution in [0.5, 0.6) is 0 Å². The van der Waals surface area contributed by atoms with Crippen molar-refractivity contribution in [3.63, 3.8) is 0 Å². The highest BCUT2D eigenvalue weighted by Crippen LogP contribution is 2.42. The van der Waals surface area contributed by atoms with Crippen molar-refractivity contribution in [3.8, 4) is 0 Å². The molecule has 0 aromatic heterocycles. The smallest absolute Gasteiger partial charge is 0.258 e. The number of fused-ring (bicyclic) bond motifs is 1. The quantitative estimate of drug-likeness (QED) is 0.598. The molecule has 178 valence electrons. The van der Waals surface area contributed by atoms with Crippen molar-refractivity contribution in [1.82, 2.24) is 4.31 Å². The standard InChI is InChI=1S/C24H28Cl2N2O4S/c1-15-7-9-28(10-8-15)33(31,32)22-12-16(14-29)11-17-5-6-18(13-19(17)22)27-24(30)23-20(25)3-2-4-21(23)26/h2-6,13,15-16,22,29H,7-12,14H2,1H3,(H,27,30)/t16-,22?/m1/s1. The first-order valence-electron chi connectivity index (χ1n) is 11.2. The van der Waals surface area contributed by atoms with Crippen LogP contribution in [0, 0.1) is 11.8 Å². The molecule has 0 radical (unpaired) electrons. The number of amides is 1. The molecule has 0 spiro atoms. The zero-order valence-corrected chi connectivity index (χ0v) is 20.8. The molecule has 2 N–H and O–H groups in total. The third-order valence-electron chi connectivity index (χ3n) is 6.72. The van der Waals surface area contributed by atoms with Gasteiger partial charge in [0, 0.05) is 25.4 Å². The van der Waals surface area contributed by atoms with Crippen LogP contribution in [0.15, 0.2) is 36.4 Å². The fraction of sp³-hybridized carbons (Fsp3) is 0.458. The van der Waals surface area contributed by atoms with E-state index < -0.39 is 21.2 Å². The molecule has 2 aromatic carbocycles. The Hall–Kier alpha value is -1.64. The molecular weight excluding hydrogens is 483 g/mol. The topological polar surface area (TPSA) is 86.7 Å². The van der Waals surface area contributed by atoms with Gasteiger partial charge in [-0.05, 0) is 72.9 Å². The van der Waals surface area contributed by atoms with Gasteiger partial charge < -0.3 is 10.4 Å². The minimum Gasteiger partial charge on any atom is -0.396 e. The predicted octanol–water partition coefficient (Wildman–Crippen LogP) is 4.90. The Morgan fingerprint density at radius 2 is 1.82 bits per heavy atom. The van der Waals surface area contributed by atoms with Gasteiger partial charge in [0.15, 0.2) is 0 Å². The van der Waals surface area contributed by atoms with Gasteiger partial charge in [-0.15, -0.1) is 0 Å². The molecule has 1 fully saturated rings. The Bertz CT molecular complexity index is 1130. The van der Waals surface area contributed by atoms with E-state index in [1.807, 2.05) is 6.07 Å². The van der Waals surface area contributed by atoms with Crippen LogP contribution in [0.3, 0.4) is 0 Å². The Morgan fingerprint density at radius 3 is 2.45 bits per heavy atom. The fourth-order valence-electron chi connectivity index (χ4n) is 4.73. The van der Waals surface area contributed by atoms with Gasteiger partial charge in [-0.3, -0.25) is 4.79 Å². The van der Waals surface area contributed by atoms with Crippen LogP contribution in [-0.2, 0) is 16.4 Å². The molecule has 1 unspecified atom stereocenters. The van der Waals surface area contributed by atoms with Gasteiger partial charge in [-0.25, -0.2) is 12.7 Å². The largest absolute Gasteiger partial charge is 0.396 e. The fourth-order valence-corrected chi connectivity index (χ4v) is 7.44. The lowest BCUT2D eigenvalue weighted by molar-refractivity contribution is 0.102. The van der Waals surface area contributed by atoms with Crippen molar-refractivity contribution in [2.24, 2.45) is 11.8 Å². The lowest BCUT2D eigenvalue weighted by atomic mass is 9.83. The monoisotopic (exact) mass is 510 g/mol. The lowest BCUT2D eigenvalue weighted by Gasteiger charge is -2.36. The lowest BCUT2D eigenvalue weighted by Crippen LogP contribution is -2.42. The summed E-state index contributed by atoms with van der Waals surface area (Å²) in [5.41, 5.74) is 2.21. The number of sulfonamides is 1. The van der Waals surface area contributed by atoms with Crippen molar-refractivity contribution in [3.05, 3.63) is 63.1 Å². The minimum atomic E-state index is -3.61. The molecule has 1 saturated heterocycles. The molecule has 4 rings (SSSR count). The van der Waals surface area contributed by atoms with Gasteiger partial charge >= 0.3 is 0 Å². The summed E-state index contributed by atoms with van der Waals surface area (Å²) in [6.07, 6.45) is 2.64. The Kier molecular flexibility index (Phi) is 7.36. The van der Waals surface area contributed by atoms with E-state index in [1.165, 1.54) is 0 Å². The molecule has 0 saturated carbocycles. The second kappa shape index (κ2) is 9.92. The van der Waals surface area contributed by atoms with Crippen LogP contribution >= 0.6 is 23.2 Å². The number of hydrogen-bond acceptors (Lipinski definition) is 4. The zero-order valence-electron chi connectivity index (χ0n) is 18.4. The summed E-state index contributed by atoms with van der Waals surface area (Å²) in [6.45, 7) is 3.11. The molecular formula is C24H28Cl2N2O4S. The van der Waals surface area contributed by atoms with Crippen LogP contribution in [0.2, 0.25) is 10.0 Å². The van der Waals surface area contributed by atoms with E-state index in [2.05, 4.69) is 12.2 Å². The van der Waals surface area contributed by atoms with Crippen LogP contribution < -0.4 is 5.32 Å². The van der Waals surface area contributed by atoms with E-state index >= 15 is 0 Å². The number of carbonyl (C=O) groups excluding carboxylic acids is 1. The second-order valence-electron chi connectivity index (χ2n) is 9.07. The maximum absolute atomic E-state index is 13.6. The molecule has 33 heavy (non-hydrogen) atoms. The zero-order chi connectivity index (χ0) is 23.8. The van der Waals surface area contributed by atoms with Crippen LogP contribution in [-0.4, -0.2) is 43.4 Å². The number of nitrogens with zero attached hydrogens (tertiary/aromatic N) is 1. The van der Waals surface area contributed by atoms with E-state index in [4.69, 9.17) is 23.2 Å². The SMILES string of the molecule is CC1CCN(S(=O)(=O)C2C[C@H](CO)Cc3ccc(NC(=O)c4c(Cl)cccc4Cl)cc32)CC1. The van der Waals surface area contributed by atoms with E-state index in [0.29, 0.717) is 43.1 Å². The summed E-state index contributed by atoms with van der Waals surface area (Å²) in [6, 6.07) is 10.2. The van der Waals surface area contributed by atoms with Crippen LogP contribution in [0.25, 0.3) is 0 Å². The van der Waals surface area contributed by atoms with Crippen molar-refractivity contribution in [2.45, 2.75) is 37.9 Å². The van der Waals surface area contributed by atoms with E-state index in [-0.39, 0.29) is 28.1 Å². The van der Waals surface area contributed by atoms with Gasteiger partial charge in [0.1, 0.15) is 5.25 Å². The number of hydrogen-bond donors (Lipinski definition) is 2. The maximum atomic E-state index is 13.6. The van der Waals surface area contributed by atoms with Gasteiger partial charge in [-0.1, -0.05) is 42.3 Å². The van der Waals surface area contributed by atoms with Crippen LogP contribution in [0.1, 0.15) is 52.9 Å². The molecule has 2 atom stereocenters. The molecule has 1 aliphatic carbocycles. The van der Waals surface area contributed by atoms with Crippen molar-refractivity contribution in [1.29, 1.82) is 0 Å². The third kappa shape index (κ3) is 5.08. The number of carbonyl (C=O) groups is 1. The summed E-state index contributed by atoms with van der Waals surface area (Å²) in [7, 11) is -3.61. The predicted molar refractivity (Wildman–Crippen MR) is 131 cm³/mol. The summed E-state index contributed by atoms with van der Waals surface area (Å²) < 4.78 is 28.9. The third-order valence-corrected chi connectivity index (χ3v) is 9.60. The Balaban J connectivity index is 1.66. The number of aliphatic hydroxyl groups excluding tert-OH is 1. The number of benzene rings is 2. The number of aliphatic hydroxyl groups is 1. The molecule has 9 heteroatoms. The summed E-state index contributed by atoms with van der Waals surface area (Å²) in [4.78, 5) is 12.8. The first kappa shape index (κ1) is 24.5. The van der Waals surface area contributed by atoms with Gasteiger partial charge in [0.05, 0.1) is 15.6 Å². The molecule has 2 aromatic rings. The Morgan fingerprint density at radius 1 is 1.15 bits per heavy atom. The molecule has 1 heterocycles. The number of piperidine rings is 1. The summed E-state index contributed by atoms with van der Waals surface area (Å²) in [5, 5.41) is 12.3. The second-order valence-corrected chi connectivity index (χ2v) is 12.0. The molecule has 6 nitrogen and oxygen atoms in total. The number of anilines is 1. The van der Waals surface area contributed by atoms with Crippen molar-refractivity contribution < 1.29 is 18.3 Å². The number of halogens is 2. The van der Waals surface area contributed by atoms with Crippen molar-refractivity contribution >= 4 is 44.8 Å². The minimum absolute atomic E-state index is 0.0635. The normalized spacial score (nSPS) is 22.1. The molecule has 2 aliphatic rings. The molecule has 1 amide bonds. The highest BCUT2D eigenvalue weighted by Gasteiger charge is 2.40. The highest BCUT2D eigenvalue weighted by atomic mass is 35.5. The maximum Gasteiger partial charge on any atom is 0.258 e. The highest BCUT2D eigenvalue weighted by molar-refractivity contribution is 7.89. The first-order chi connectivity index (χ1) is 15.7. The average Bonchev–Trinajstić information content (AvgIpc) is 2.78. The van der Waals surface area contributed by atoms with Gasteiger partial charge in [0.2, 0.25) is 10.0 Å². The number of nitrogens with one attached hydrogen (secondary N) is 1. The summed E-state index contributed by atoms with van der Waals surface area (Å²) in [5.74, 6) is -0.0684. The van der Waals surface area contributed by atoms with Gasteiger partial charge in [-0.2, -0.15) is 0 Å². The first-order valence-corrected chi connectivity index (χ1v) is 13.4. The van der Waals surface area contributed by atoms with E-state index in [1.54, 1.807) is 34.6 Å². The average molecular weight is 511 g/mol. The molecule has 0 bridgehead atoms. The van der Waals surface area contributed by atoms with Crippen LogP contribution in [0.4, 0.5) is 5.69 Å². The molecule has 1 aliphatic heterocycles.